The highest BCUT2D eigenvalue weighted by Gasteiger charge is 2.16. The van der Waals surface area contributed by atoms with Crippen LogP contribution in [0.25, 0.3) is 10.8 Å². The topological polar surface area (TPSA) is 69.0 Å². The van der Waals surface area contributed by atoms with Crippen molar-refractivity contribution in [1.82, 2.24) is 20.1 Å². The lowest BCUT2D eigenvalue weighted by Gasteiger charge is -2.15. The van der Waals surface area contributed by atoms with Crippen LogP contribution in [0, 0.1) is 0 Å². The summed E-state index contributed by atoms with van der Waals surface area (Å²) >= 11 is 0. The summed E-state index contributed by atoms with van der Waals surface area (Å²) in [5, 5.41) is 13.5. The Morgan fingerprint density at radius 1 is 1.12 bits per heavy atom. The maximum absolute atomic E-state index is 12.0. The summed E-state index contributed by atoms with van der Waals surface area (Å²) in [5.74, 6) is 2.35. The molecule has 1 aliphatic heterocycles. The molecular weight excluding hydrogens is 316 g/mol. The first-order chi connectivity index (χ1) is 12.3. The van der Waals surface area contributed by atoms with Crippen LogP contribution < -0.4 is 10.1 Å². The highest BCUT2D eigenvalue weighted by molar-refractivity contribution is 5.84. The first kappa shape index (κ1) is 15.6. The normalized spacial score (nSPS) is 13.4. The zero-order valence-corrected chi connectivity index (χ0v) is 13.9. The molecule has 0 saturated carbocycles. The van der Waals surface area contributed by atoms with Crippen LogP contribution in [0.2, 0.25) is 0 Å². The van der Waals surface area contributed by atoms with E-state index in [-0.39, 0.29) is 12.5 Å². The van der Waals surface area contributed by atoms with Gasteiger partial charge in [-0.1, -0.05) is 30.3 Å². The maximum atomic E-state index is 12.0. The van der Waals surface area contributed by atoms with E-state index >= 15 is 0 Å². The van der Waals surface area contributed by atoms with Gasteiger partial charge in [0, 0.05) is 13.0 Å². The molecule has 25 heavy (non-hydrogen) atoms. The number of amides is 1. The third-order valence-electron chi connectivity index (χ3n) is 4.47. The van der Waals surface area contributed by atoms with Gasteiger partial charge in [0.1, 0.15) is 11.6 Å². The lowest BCUT2D eigenvalue weighted by molar-refractivity contribution is -0.123. The van der Waals surface area contributed by atoms with Crippen LogP contribution >= 0.6 is 0 Å². The number of fused-ring (bicyclic) bond motifs is 2. The number of hydrogen-bond donors (Lipinski definition) is 1. The van der Waals surface area contributed by atoms with Gasteiger partial charge in [-0.25, -0.2) is 0 Å². The van der Waals surface area contributed by atoms with Gasteiger partial charge in [0.15, 0.2) is 12.4 Å². The SMILES string of the molecule is O=C(COc1ccc2ccccc2c1)NCc1nnc2n1CCCC2. The average Bonchev–Trinajstić information content (AvgIpc) is 3.08. The Kier molecular flexibility index (Phi) is 4.33. The number of ether oxygens (including phenoxy) is 1. The molecule has 2 heterocycles. The highest BCUT2D eigenvalue weighted by Crippen LogP contribution is 2.20. The third-order valence-corrected chi connectivity index (χ3v) is 4.47. The number of carbonyl (C=O) groups excluding carboxylic acids is 1. The molecule has 1 amide bonds. The lowest BCUT2D eigenvalue weighted by atomic mass is 10.1. The van der Waals surface area contributed by atoms with Crippen LogP contribution in [0.4, 0.5) is 0 Å². The molecule has 1 N–H and O–H groups in total. The molecule has 1 aliphatic rings. The van der Waals surface area contributed by atoms with Crippen molar-refractivity contribution in [1.29, 1.82) is 0 Å². The van der Waals surface area contributed by atoms with E-state index in [1.807, 2.05) is 42.5 Å². The van der Waals surface area contributed by atoms with E-state index in [0.717, 1.165) is 48.2 Å². The second-order valence-electron chi connectivity index (χ2n) is 6.22. The van der Waals surface area contributed by atoms with Crippen molar-refractivity contribution in [3.8, 4) is 5.75 Å². The minimum absolute atomic E-state index is 0.0145. The molecule has 0 saturated heterocycles. The Labute approximate surface area is 145 Å². The Morgan fingerprint density at radius 2 is 2.00 bits per heavy atom. The van der Waals surface area contributed by atoms with Crippen molar-refractivity contribution in [3.05, 3.63) is 54.1 Å². The predicted molar refractivity (Wildman–Crippen MR) is 94.2 cm³/mol. The summed E-state index contributed by atoms with van der Waals surface area (Å²) in [5.41, 5.74) is 0. The van der Waals surface area contributed by atoms with E-state index in [1.54, 1.807) is 0 Å². The molecule has 0 aliphatic carbocycles. The smallest absolute Gasteiger partial charge is 0.258 e. The van der Waals surface area contributed by atoms with E-state index in [2.05, 4.69) is 20.1 Å². The Balaban J connectivity index is 1.32. The molecule has 0 radical (unpaired) electrons. The molecule has 0 atom stereocenters. The number of hydrogen-bond acceptors (Lipinski definition) is 4. The first-order valence-electron chi connectivity index (χ1n) is 8.59. The van der Waals surface area contributed by atoms with E-state index in [1.165, 1.54) is 0 Å². The zero-order chi connectivity index (χ0) is 17.1. The quantitative estimate of drug-likeness (QED) is 0.777. The summed E-state index contributed by atoms with van der Waals surface area (Å²) in [6.07, 6.45) is 3.26. The first-order valence-corrected chi connectivity index (χ1v) is 8.59. The summed E-state index contributed by atoms with van der Waals surface area (Å²) in [4.78, 5) is 12.0. The molecule has 1 aromatic heterocycles. The number of rotatable bonds is 5. The van der Waals surface area contributed by atoms with Crippen molar-refractivity contribution >= 4 is 16.7 Å². The summed E-state index contributed by atoms with van der Waals surface area (Å²) < 4.78 is 7.71. The summed E-state index contributed by atoms with van der Waals surface area (Å²) in [6, 6.07) is 13.9. The van der Waals surface area contributed by atoms with Gasteiger partial charge < -0.3 is 14.6 Å². The molecule has 0 spiro atoms. The van der Waals surface area contributed by atoms with Crippen molar-refractivity contribution in [3.63, 3.8) is 0 Å². The summed E-state index contributed by atoms with van der Waals surface area (Å²) in [7, 11) is 0. The average molecular weight is 336 g/mol. The van der Waals surface area contributed by atoms with Gasteiger partial charge >= 0.3 is 0 Å². The van der Waals surface area contributed by atoms with Crippen LogP contribution in [0.5, 0.6) is 5.75 Å². The molecule has 128 valence electrons. The lowest BCUT2D eigenvalue weighted by Crippen LogP contribution is -2.30. The predicted octanol–water partition coefficient (Wildman–Crippen LogP) is 2.46. The fourth-order valence-corrected chi connectivity index (χ4v) is 3.13. The zero-order valence-electron chi connectivity index (χ0n) is 13.9. The fourth-order valence-electron chi connectivity index (χ4n) is 3.13. The number of aromatic nitrogens is 3. The monoisotopic (exact) mass is 336 g/mol. The molecule has 2 aromatic carbocycles. The maximum Gasteiger partial charge on any atom is 0.258 e. The van der Waals surface area contributed by atoms with E-state index in [0.29, 0.717) is 12.3 Å². The molecular formula is C19H20N4O2. The second kappa shape index (κ2) is 6.93. The summed E-state index contributed by atoms with van der Waals surface area (Å²) in [6.45, 7) is 1.30. The Hall–Kier alpha value is -2.89. The van der Waals surface area contributed by atoms with Crippen molar-refractivity contribution in [2.75, 3.05) is 6.61 Å². The number of nitrogens with one attached hydrogen (secondary N) is 1. The van der Waals surface area contributed by atoms with Crippen LogP contribution in [-0.2, 0) is 24.3 Å². The molecule has 6 heteroatoms. The molecule has 0 bridgehead atoms. The van der Waals surface area contributed by atoms with Crippen molar-refractivity contribution in [2.45, 2.75) is 32.4 Å². The fraction of sp³-hybridized carbons (Fsp3) is 0.316. The third kappa shape index (κ3) is 3.47. The van der Waals surface area contributed by atoms with Crippen molar-refractivity contribution in [2.24, 2.45) is 0 Å². The van der Waals surface area contributed by atoms with Gasteiger partial charge in [-0.15, -0.1) is 10.2 Å². The Bertz CT molecular complexity index is 903. The molecule has 0 unspecified atom stereocenters. The minimum Gasteiger partial charge on any atom is -0.484 e. The van der Waals surface area contributed by atoms with Crippen LogP contribution in [0.15, 0.2) is 42.5 Å². The van der Waals surface area contributed by atoms with Gasteiger partial charge in [-0.05, 0) is 35.7 Å². The van der Waals surface area contributed by atoms with Crippen LogP contribution in [0.3, 0.4) is 0 Å². The van der Waals surface area contributed by atoms with Crippen LogP contribution in [0.1, 0.15) is 24.5 Å². The molecule has 6 nitrogen and oxygen atoms in total. The number of carbonyl (C=O) groups is 1. The van der Waals surface area contributed by atoms with Gasteiger partial charge in [0.25, 0.3) is 5.91 Å². The van der Waals surface area contributed by atoms with Gasteiger partial charge in [-0.3, -0.25) is 4.79 Å². The largest absolute Gasteiger partial charge is 0.484 e. The molecule has 0 fully saturated rings. The van der Waals surface area contributed by atoms with E-state index < -0.39 is 0 Å². The Morgan fingerprint density at radius 3 is 2.92 bits per heavy atom. The minimum atomic E-state index is -0.165. The number of benzene rings is 2. The van der Waals surface area contributed by atoms with Crippen molar-refractivity contribution < 1.29 is 9.53 Å². The molecule has 4 rings (SSSR count). The van der Waals surface area contributed by atoms with E-state index in [4.69, 9.17) is 4.74 Å². The van der Waals surface area contributed by atoms with Crippen LogP contribution in [-0.4, -0.2) is 27.3 Å². The van der Waals surface area contributed by atoms with Gasteiger partial charge in [0.2, 0.25) is 0 Å². The van der Waals surface area contributed by atoms with Gasteiger partial charge in [-0.2, -0.15) is 0 Å². The number of aryl methyl sites for hydroxylation is 1. The number of nitrogens with zero attached hydrogens (tertiary/aromatic N) is 3. The highest BCUT2D eigenvalue weighted by atomic mass is 16.5. The van der Waals surface area contributed by atoms with Gasteiger partial charge in [0.05, 0.1) is 6.54 Å². The van der Waals surface area contributed by atoms with E-state index in [9.17, 15) is 4.79 Å². The second-order valence-corrected chi connectivity index (χ2v) is 6.22. The molecule has 3 aromatic rings. The standard InChI is InChI=1S/C19H20N4O2/c24-19(20-12-18-22-21-17-7-3-4-10-23(17)18)13-25-16-9-8-14-5-1-2-6-15(14)11-16/h1-2,5-6,8-9,11H,3-4,7,10,12-13H2,(H,20,24).